The van der Waals surface area contributed by atoms with Gasteiger partial charge in [-0.2, -0.15) is 11.8 Å². The summed E-state index contributed by atoms with van der Waals surface area (Å²) in [5, 5.41) is 2.80. The molecule has 1 rings (SSSR count). The molecule has 3 N–H and O–H groups in total. The lowest BCUT2D eigenvalue weighted by Gasteiger charge is -2.24. The van der Waals surface area contributed by atoms with Crippen LogP contribution in [0.4, 0.5) is 0 Å². The largest absolute Gasteiger partial charge is 0.368 e. The van der Waals surface area contributed by atoms with Crippen molar-refractivity contribution in [1.29, 1.82) is 0 Å². The lowest BCUT2D eigenvalue weighted by molar-refractivity contribution is -0.136. The van der Waals surface area contributed by atoms with Gasteiger partial charge in [-0.3, -0.25) is 14.4 Å². The number of amides is 3. The number of carbonyl (C=O) groups is 3. The summed E-state index contributed by atoms with van der Waals surface area (Å²) >= 11 is 1.46. The van der Waals surface area contributed by atoms with Crippen molar-refractivity contribution in [2.24, 2.45) is 11.7 Å². The second-order valence-electron chi connectivity index (χ2n) is 4.68. The zero-order chi connectivity index (χ0) is 14.4. The van der Waals surface area contributed by atoms with Gasteiger partial charge in [0.1, 0.15) is 6.04 Å². The van der Waals surface area contributed by atoms with E-state index in [1.54, 1.807) is 0 Å². The van der Waals surface area contributed by atoms with Gasteiger partial charge in [0.2, 0.25) is 17.7 Å². The van der Waals surface area contributed by atoms with Crippen LogP contribution in [0.3, 0.4) is 0 Å². The van der Waals surface area contributed by atoms with Crippen molar-refractivity contribution in [3.8, 4) is 0 Å². The molecule has 7 heteroatoms. The van der Waals surface area contributed by atoms with E-state index in [4.69, 9.17) is 5.73 Å². The highest BCUT2D eigenvalue weighted by Gasteiger charge is 2.35. The Bertz CT molecular complexity index is 362. The summed E-state index contributed by atoms with van der Waals surface area (Å²) in [7, 11) is 0. The second-order valence-corrected chi connectivity index (χ2v) is 5.55. The molecular weight excluding hydrogens is 266 g/mol. The normalized spacial score (nSPS) is 20.4. The van der Waals surface area contributed by atoms with Crippen LogP contribution < -0.4 is 11.1 Å². The molecule has 3 amide bonds. The first kappa shape index (κ1) is 15.8. The molecular formula is C12H21N3O3S. The molecule has 2 atom stereocenters. The summed E-state index contributed by atoms with van der Waals surface area (Å²) in [5.74, 6) is -0.0757. The van der Waals surface area contributed by atoms with Crippen molar-refractivity contribution in [3.63, 3.8) is 0 Å². The number of thioether (sulfide) groups is 1. The van der Waals surface area contributed by atoms with Gasteiger partial charge in [-0.25, -0.2) is 0 Å². The lowest BCUT2D eigenvalue weighted by atomic mass is 10.1. The highest BCUT2D eigenvalue weighted by Crippen LogP contribution is 2.20. The van der Waals surface area contributed by atoms with Crippen molar-refractivity contribution in [1.82, 2.24) is 10.2 Å². The van der Waals surface area contributed by atoms with Crippen LogP contribution in [-0.4, -0.2) is 53.8 Å². The first-order chi connectivity index (χ1) is 8.99. The smallest absolute Gasteiger partial charge is 0.240 e. The van der Waals surface area contributed by atoms with Crippen molar-refractivity contribution in [2.45, 2.75) is 25.8 Å². The molecule has 1 heterocycles. The van der Waals surface area contributed by atoms with Crippen LogP contribution in [0.1, 0.15) is 19.8 Å². The minimum Gasteiger partial charge on any atom is -0.368 e. The van der Waals surface area contributed by atoms with Crippen LogP contribution in [0.15, 0.2) is 0 Å². The maximum Gasteiger partial charge on any atom is 0.240 e. The van der Waals surface area contributed by atoms with Crippen LogP contribution in [-0.2, 0) is 14.4 Å². The van der Waals surface area contributed by atoms with Crippen LogP contribution in [0, 0.1) is 5.92 Å². The van der Waals surface area contributed by atoms with Crippen LogP contribution >= 0.6 is 11.8 Å². The molecule has 108 valence electrons. The van der Waals surface area contributed by atoms with Crippen LogP contribution in [0.25, 0.3) is 0 Å². The van der Waals surface area contributed by atoms with E-state index >= 15 is 0 Å². The third-order valence-electron chi connectivity index (χ3n) is 3.19. The number of carbonyl (C=O) groups excluding carboxylic acids is 3. The molecule has 0 saturated carbocycles. The molecule has 0 radical (unpaired) electrons. The van der Waals surface area contributed by atoms with Crippen molar-refractivity contribution in [2.75, 3.05) is 25.1 Å². The topological polar surface area (TPSA) is 92.5 Å². The Morgan fingerprint density at radius 3 is 2.79 bits per heavy atom. The van der Waals surface area contributed by atoms with Gasteiger partial charge in [0.15, 0.2) is 0 Å². The van der Waals surface area contributed by atoms with Crippen LogP contribution in [0.2, 0.25) is 0 Å². The number of nitrogens with two attached hydrogens (primary N) is 1. The Kier molecular flexibility index (Phi) is 6.14. The van der Waals surface area contributed by atoms with E-state index in [9.17, 15) is 14.4 Å². The number of primary amides is 1. The fourth-order valence-electron chi connectivity index (χ4n) is 2.26. The average molecular weight is 287 g/mol. The molecule has 1 aliphatic rings. The molecule has 0 aliphatic carbocycles. The zero-order valence-electron chi connectivity index (χ0n) is 11.3. The first-order valence-electron chi connectivity index (χ1n) is 6.34. The highest BCUT2D eigenvalue weighted by molar-refractivity contribution is 7.99. The quantitative estimate of drug-likeness (QED) is 0.665. The molecule has 1 saturated heterocycles. The molecule has 6 nitrogen and oxygen atoms in total. The predicted molar refractivity (Wildman–Crippen MR) is 74.5 cm³/mol. The molecule has 19 heavy (non-hydrogen) atoms. The van der Waals surface area contributed by atoms with E-state index in [1.807, 2.05) is 13.2 Å². The van der Waals surface area contributed by atoms with Gasteiger partial charge < -0.3 is 16.0 Å². The Labute approximate surface area is 117 Å². The summed E-state index contributed by atoms with van der Waals surface area (Å²) in [5.41, 5.74) is 5.29. The van der Waals surface area contributed by atoms with Gasteiger partial charge in [0.05, 0.1) is 5.75 Å². The molecule has 0 aromatic heterocycles. The number of rotatable bonds is 7. The fourth-order valence-corrected chi connectivity index (χ4v) is 2.63. The third-order valence-corrected chi connectivity index (χ3v) is 3.74. The van der Waals surface area contributed by atoms with E-state index in [0.717, 1.165) is 0 Å². The SMILES string of the molecule is CC[C@H](C(N)=O)N1CC(CNC(=O)CSC)CC1=O. The molecule has 0 bridgehead atoms. The minimum absolute atomic E-state index is 0.0275. The van der Waals surface area contributed by atoms with Gasteiger partial charge in [-0.15, -0.1) is 0 Å². The zero-order valence-corrected chi connectivity index (χ0v) is 12.2. The highest BCUT2D eigenvalue weighted by atomic mass is 32.2. The predicted octanol–water partition coefficient (Wildman–Crippen LogP) is -0.422. The molecule has 0 aromatic rings. The Morgan fingerprint density at radius 1 is 1.58 bits per heavy atom. The number of nitrogens with zero attached hydrogens (tertiary/aromatic N) is 1. The average Bonchev–Trinajstić information content (AvgIpc) is 2.69. The Hall–Kier alpha value is -1.24. The summed E-state index contributed by atoms with van der Waals surface area (Å²) in [6, 6.07) is -0.528. The number of hydrogen-bond acceptors (Lipinski definition) is 4. The maximum atomic E-state index is 11.9. The molecule has 1 aliphatic heterocycles. The van der Waals surface area contributed by atoms with Gasteiger partial charge >= 0.3 is 0 Å². The molecule has 0 aromatic carbocycles. The van der Waals surface area contributed by atoms with Crippen molar-refractivity contribution < 1.29 is 14.4 Å². The van der Waals surface area contributed by atoms with E-state index in [1.165, 1.54) is 16.7 Å². The second kappa shape index (κ2) is 7.37. The maximum absolute atomic E-state index is 11.9. The lowest BCUT2D eigenvalue weighted by Crippen LogP contribution is -2.45. The number of hydrogen-bond donors (Lipinski definition) is 2. The first-order valence-corrected chi connectivity index (χ1v) is 7.73. The number of likely N-dealkylation sites (tertiary alicyclic amines) is 1. The van der Waals surface area contributed by atoms with Crippen molar-refractivity contribution in [3.05, 3.63) is 0 Å². The standard InChI is InChI=1S/C12H21N3O3S/c1-3-9(12(13)18)15-6-8(4-11(15)17)5-14-10(16)7-19-2/h8-9H,3-7H2,1-2H3,(H2,13,18)(H,14,16)/t8?,9-/m1/s1. The fraction of sp³-hybridized carbons (Fsp3) is 0.750. The summed E-state index contributed by atoms with van der Waals surface area (Å²) < 4.78 is 0. The van der Waals surface area contributed by atoms with Crippen molar-refractivity contribution >= 4 is 29.5 Å². The van der Waals surface area contributed by atoms with Gasteiger partial charge in [-0.1, -0.05) is 6.92 Å². The Morgan fingerprint density at radius 2 is 2.26 bits per heavy atom. The van der Waals surface area contributed by atoms with Gasteiger partial charge in [0, 0.05) is 25.4 Å². The van der Waals surface area contributed by atoms with Gasteiger partial charge in [0.25, 0.3) is 0 Å². The van der Waals surface area contributed by atoms with Gasteiger partial charge in [-0.05, 0) is 12.7 Å². The minimum atomic E-state index is -0.528. The van der Waals surface area contributed by atoms with E-state index < -0.39 is 11.9 Å². The number of nitrogens with one attached hydrogen (secondary N) is 1. The molecule has 0 spiro atoms. The monoisotopic (exact) mass is 287 g/mol. The van der Waals surface area contributed by atoms with E-state index in [2.05, 4.69) is 5.32 Å². The van der Waals surface area contributed by atoms with Crippen LogP contribution in [0.5, 0.6) is 0 Å². The Balaban J connectivity index is 2.48. The summed E-state index contributed by atoms with van der Waals surface area (Å²) in [6.07, 6.45) is 2.75. The van der Waals surface area contributed by atoms with E-state index in [-0.39, 0.29) is 17.7 Å². The summed E-state index contributed by atoms with van der Waals surface area (Å²) in [4.78, 5) is 36.0. The van der Waals surface area contributed by atoms with E-state index in [0.29, 0.717) is 31.7 Å². The molecule has 1 fully saturated rings. The molecule has 1 unspecified atom stereocenters. The third kappa shape index (κ3) is 4.41. The summed E-state index contributed by atoms with van der Waals surface area (Å²) in [6.45, 7) is 2.78.